The number of halogens is 2. The molecule has 1 aromatic carbocycles. The molecule has 1 aliphatic rings. The van der Waals surface area contributed by atoms with Crippen molar-refractivity contribution in [3.05, 3.63) is 33.8 Å². The zero-order valence-electron chi connectivity index (χ0n) is 9.13. The van der Waals surface area contributed by atoms with Crippen molar-refractivity contribution in [1.29, 1.82) is 0 Å². The van der Waals surface area contributed by atoms with Crippen LogP contribution in [0.4, 0.5) is 0 Å². The Morgan fingerprint density at radius 2 is 1.88 bits per heavy atom. The van der Waals surface area contributed by atoms with Crippen LogP contribution in [-0.2, 0) is 0 Å². The molecule has 1 aliphatic carbocycles. The van der Waals surface area contributed by atoms with Gasteiger partial charge in [0.25, 0.3) is 0 Å². The van der Waals surface area contributed by atoms with Crippen molar-refractivity contribution in [1.82, 2.24) is 5.32 Å². The summed E-state index contributed by atoms with van der Waals surface area (Å²) >= 11 is 11.9. The lowest BCUT2D eigenvalue weighted by Crippen LogP contribution is -2.36. The van der Waals surface area contributed by atoms with Crippen LogP contribution >= 0.6 is 23.2 Å². The Morgan fingerprint density at radius 3 is 2.31 bits per heavy atom. The van der Waals surface area contributed by atoms with Gasteiger partial charge in [-0.15, -0.1) is 0 Å². The molecule has 0 aliphatic heterocycles. The maximum Gasteiger partial charge on any atom is 0.0613 e. The van der Waals surface area contributed by atoms with E-state index in [0.717, 1.165) is 18.4 Å². The van der Waals surface area contributed by atoms with Crippen LogP contribution < -0.4 is 5.32 Å². The van der Waals surface area contributed by atoms with Crippen molar-refractivity contribution in [3.8, 4) is 0 Å². The first-order valence-corrected chi connectivity index (χ1v) is 6.15. The van der Waals surface area contributed by atoms with Gasteiger partial charge in [0.1, 0.15) is 0 Å². The molecule has 2 rings (SSSR count). The minimum absolute atomic E-state index is 0.0752. The molecule has 1 fully saturated rings. The standard InChI is InChI=1S/C12H15Cl2NO/c1-8(15-12(7-16)2-3-12)9-4-10(13)6-11(14)5-9/h4-6,8,15-16H,2-3,7H2,1H3. The molecule has 2 N–H and O–H groups in total. The van der Waals surface area contributed by atoms with Gasteiger partial charge < -0.3 is 10.4 Å². The minimum atomic E-state index is -0.0752. The molecule has 4 heteroatoms. The minimum Gasteiger partial charge on any atom is -0.394 e. The zero-order valence-corrected chi connectivity index (χ0v) is 10.6. The summed E-state index contributed by atoms with van der Waals surface area (Å²) in [4.78, 5) is 0. The molecular weight excluding hydrogens is 245 g/mol. The molecule has 16 heavy (non-hydrogen) atoms. The Bertz CT molecular complexity index is 370. The van der Waals surface area contributed by atoms with E-state index in [1.807, 2.05) is 12.1 Å². The largest absolute Gasteiger partial charge is 0.394 e. The van der Waals surface area contributed by atoms with E-state index in [9.17, 15) is 5.11 Å². The number of hydrogen-bond donors (Lipinski definition) is 2. The van der Waals surface area contributed by atoms with Crippen molar-refractivity contribution in [3.63, 3.8) is 0 Å². The summed E-state index contributed by atoms with van der Waals surface area (Å²) in [5.41, 5.74) is 0.978. The van der Waals surface area contributed by atoms with Crippen LogP contribution in [0.2, 0.25) is 10.0 Å². The molecule has 1 atom stereocenters. The maximum absolute atomic E-state index is 9.25. The van der Waals surface area contributed by atoms with Gasteiger partial charge in [-0.2, -0.15) is 0 Å². The number of aliphatic hydroxyl groups is 1. The highest BCUT2D eigenvalue weighted by Crippen LogP contribution is 2.37. The molecule has 0 heterocycles. The summed E-state index contributed by atoms with van der Waals surface area (Å²) in [6.45, 7) is 2.24. The molecular formula is C12H15Cl2NO. The van der Waals surface area contributed by atoms with E-state index in [4.69, 9.17) is 23.2 Å². The van der Waals surface area contributed by atoms with Gasteiger partial charge in [-0.25, -0.2) is 0 Å². The Labute approximate surface area is 106 Å². The van der Waals surface area contributed by atoms with Gasteiger partial charge in [-0.3, -0.25) is 0 Å². The normalized spacial score (nSPS) is 19.5. The average molecular weight is 260 g/mol. The summed E-state index contributed by atoms with van der Waals surface area (Å²) in [6.07, 6.45) is 2.06. The van der Waals surface area contributed by atoms with Gasteiger partial charge in [0, 0.05) is 21.6 Å². The highest BCUT2D eigenvalue weighted by Gasteiger charge is 2.42. The lowest BCUT2D eigenvalue weighted by atomic mass is 10.1. The van der Waals surface area contributed by atoms with Gasteiger partial charge in [0.05, 0.1) is 6.61 Å². The first-order valence-electron chi connectivity index (χ1n) is 5.39. The van der Waals surface area contributed by atoms with E-state index in [2.05, 4.69) is 12.2 Å². The Hall–Kier alpha value is -0.280. The molecule has 0 bridgehead atoms. The number of rotatable bonds is 4. The monoisotopic (exact) mass is 259 g/mol. The van der Waals surface area contributed by atoms with Crippen LogP contribution in [0.1, 0.15) is 31.4 Å². The van der Waals surface area contributed by atoms with E-state index >= 15 is 0 Å². The van der Waals surface area contributed by atoms with Crippen LogP contribution in [0.5, 0.6) is 0 Å². The molecule has 88 valence electrons. The zero-order chi connectivity index (χ0) is 11.8. The molecule has 1 saturated carbocycles. The van der Waals surface area contributed by atoms with Crippen LogP contribution in [0.15, 0.2) is 18.2 Å². The lowest BCUT2D eigenvalue weighted by Gasteiger charge is -2.21. The van der Waals surface area contributed by atoms with E-state index in [1.54, 1.807) is 6.07 Å². The van der Waals surface area contributed by atoms with Crippen molar-refractivity contribution in [2.24, 2.45) is 0 Å². The maximum atomic E-state index is 9.25. The van der Waals surface area contributed by atoms with E-state index in [0.29, 0.717) is 10.0 Å². The van der Waals surface area contributed by atoms with Crippen molar-refractivity contribution < 1.29 is 5.11 Å². The molecule has 0 aromatic heterocycles. The van der Waals surface area contributed by atoms with Crippen LogP contribution in [-0.4, -0.2) is 17.3 Å². The van der Waals surface area contributed by atoms with Gasteiger partial charge in [-0.05, 0) is 43.5 Å². The molecule has 0 amide bonds. The summed E-state index contributed by atoms with van der Waals surface area (Å²) in [5.74, 6) is 0. The first-order chi connectivity index (χ1) is 7.54. The van der Waals surface area contributed by atoms with Gasteiger partial charge >= 0.3 is 0 Å². The van der Waals surface area contributed by atoms with Gasteiger partial charge in [0.2, 0.25) is 0 Å². The average Bonchev–Trinajstić information content (AvgIpc) is 2.97. The number of aliphatic hydroxyl groups excluding tert-OH is 1. The van der Waals surface area contributed by atoms with Gasteiger partial charge in [0.15, 0.2) is 0 Å². The summed E-state index contributed by atoms with van der Waals surface area (Å²) < 4.78 is 0. The summed E-state index contributed by atoms with van der Waals surface area (Å²) in [5, 5.41) is 14.0. The van der Waals surface area contributed by atoms with E-state index in [1.165, 1.54) is 0 Å². The Balaban J connectivity index is 2.11. The smallest absolute Gasteiger partial charge is 0.0613 e. The van der Waals surface area contributed by atoms with Crippen molar-refractivity contribution in [2.75, 3.05) is 6.61 Å². The predicted octanol–water partition coefficient (Wildman–Crippen LogP) is 3.17. The third-order valence-electron chi connectivity index (χ3n) is 3.06. The number of nitrogens with one attached hydrogen (secondary N) is 1. The highest BCUT2D eigenvalue weighted by molar-refractivity contribution is 6.34. The van der Waals surface area contributed by atoms with E-state index < -0.39 is 0 Å². The molecule has 0 saturated heterocycles. The second kappa shape index (κ2) is 4.53. The summed E-state index contributed by atoms with van der Waals surface area (Å²) in [7, 11) is 0. The predicted molar refractivity (Wildman–Crippen MR) is 67.1 cm³/mol. The SMILES string of the molecule is CC(NC1(CO)CC1)c1cc(Cl)cc(Cl)c1. The topological polar surface area (TPSA) is 32.3 Å². The fourth-order valence-corrected chi connectivity index (χ4v) is 2.41. The second-order valence-corrected chi connectivity index (χ2v) is 5.38. The van der Waals surface area contributed by atoms with Crippen LogP contribution in [0.3, 0.4) is 0 Å². The van der Waals surface area contributed by atoms with Gasteiger partial charge in [-0.1, -0.05) is 23.2 Å². The molecule has 1 aromatic rings. The Morgan fingerprint density at radius 1 is 1.31 bits per heavy atom. The third-order valence-corrected chi connectivity index (χ3v) is 3.50. The molecule has 0 spiro atoms. The van der Waals surface area contributed by atoms with Crippen LogP contribution in [0.25, 0.3) is 0 Å². The van der Waals surface area contributed by atoms with Crippen molar-refractivity contribution in [2.45, 2.75) is 31.3 Å². The fraction of sp³-hybridized carbons (Fsp3) is 0.500. The van der Waals surface area contributed by atoms with Crippen LogP contribution in [0, 0.1) is 0 Å². The molecule has 2 nitrogen and oxygen atoms in total. The van der Waals surface area contributed by atoms with E-state index in [-0.39, 0.29) is 18.2 Å². The quantitative estimate of drug-likeness (QED) is 0.871. The lowest BCUT2D eigenvalue weighted by molar-refractivity contribution is 0.221. The second-order valence-electron chi connectivity index (χ2n) is 4.51. The van der Waals surface area contributed by atoms with Crippen molar-refractivity contribution >= 4 is 23.2 Å². The summed E-state index contributed by atoms with van der Waals surface area (Å²) in [6, 6.07) is 5.67. The highest BCUT2D eigenvalue weighted by atomic mass is 35.5. The molecule has 0 radical (unpaired) electrons. The first kappa shape index (κ1) is 12.2. The Kier molecular flexibility index (Phi) is 3.45. The molecule has 1 unspecified atom stereocenters. The fourth-order valence-electron chi connectivity index (χ4n) is 1.87. The number of benzene rings is 1. The third kappa shape index (κ3) is 2.69. The number of hydrogen-bond acceptors (Lipinski definition) is 2.